The second kappa shape index (κ2) is 8.34. The predicted octanol–water partition coefficient (Wildman–Crippen LogP) is -0.598. The molecule has 30 heavy (non-hydrogen) atoms. The number of aromatic nitrogens is 2. The Kier molecular flexibility index (Phi) is 7.10. The summed E-state index contributed by atoms with van der Waals surface area (Å²) in [7, 11) is -17.1. The number of phosphoric ester groups is 1. The number of halogens is 1. The standard InChI is InChI=1S/C10H16ClN2O14P3/c1-4-3-13(9(16)12-6(4)15)8-10(2,11)5(14)7(24-8)25-29(20,21)27-30(22,23)26-28(17,18)19/h3,5,7-8,14H,1-2H3,(H,20,21)(H,22,23)(H,12,15,16)(H2,17,18,19)/t5-,7?,8-,10-/m1/s1. The molecule has 2 rings (SSSR count). The number of aliphatic hydroxyl groups excluding tert-OH is 1. The van der Waals surface area contributed by atoms with Gasteiger partial charge in [-0.1, -0.05) is 0 Å². The fraction of sp³-hybridized carbons (Fsp3) is 0.600. The van der Waals surface area contributed by atoms with Crippen molar-refractivity contribution in [3.63, 3.8) is 0 Å². The molecular formula is C10H16ClN2O14P3. The third-order valence-corrected chi connectivity index (χ3v) is 7.85. The first-order valence-corrected chi connectivity index (χ1v) is 12.4. The molecule has 6 atom stereocenters. The van der Waals surface area contributed by atoms with Crippen LogP contribution in [0.4, 0.5) is 0 Å². The average molecular weight is 517 g/mol. The zero-order valence-electron chi connectivity index (χ0n) is 14.9. The van der Waals surface area contributed by atoms with Gasteiger partial charge in [-0.25, -0.2) is 18.5 Å². The first kappa shape index (κ1) is 25.6. The van der Waals surface area contributed by atoms with Crippen molar-refractivity contribution in [3.05, 3.63) is 32.6 Å². The second-order valence-corrected chi connectivity index (χ2v) is 11.3. The molecule has 20 heteroatoms. The number of aromatic amines is 1. The van der Waals surface area contributed by atoms with E-state index in [1.807, 2.05) is 4.98 Å². The Morgan fingerprint density at radius 1 is 1.17 bits per heavy atom. The SMILES string of the molecule is Cc1cn([C@@H]2OC(OP(=O)(O)OP(=O)(O)OP(=O)(O)O)[C@@H](O)[C@@]2(C)Cl)c(=O)[nH]c1=O. The molecule has 172 valence electrons. The highest BCUT2D eigenvalue weighted by Gasteiger charge is 2.56. The van der Waals surface area contributed by atoms with E-state index in [9.17, 15) is 33.3 Å². The summed E-state index contributed by atoms with van der Waals surface area (Å²) in [6.07, 6.45) is -4.63. The number of aryl methyl sites for hydroxylation is 1. The van der Waals surface area contributed by atoms with Crippen molar-refractivity contribution in [1.29, 1.82) is 0 Å². The van der Waals surface area contributed by atoms with Crippen molar-refractivity contribution in [2.45, 2.75) is 37.3 Å². The molecular weight excluding hydrogens is 500 g/mol. The Labute approximate surface area is 171 Å². The number of rotatable bonds is 7. The molecule has 1 aliphatic heterocycles. The van der Waals surface area contributed by atoms with Crippen LogP contribution in [0.25, 0.3) is 0 Å². The van der Waals surface area contributed by atoms with Gasteiger partial charge in [0.25, 0.3) is 5.56 Å². The monoisotopic (exact) mass is 516 g/mol. The average Bonchev–Trinajstić information content (AvgIpc) is 2.70. The molecule has 1 aliphatic rings. The van der Waals surface area contributed by atoms with Gasteiger partial charge in [-0.3, -0.25) is 18.9 Å². The van der Waals surface area contributed by atoms with Crippen molar-refractivity contribution in [1.82, 2.24) is 9.55 Å². The molecule has 1 aromatic heterocycles. The Hall–Kier alpha value is -0.700. The van der Waals surface area contributed by atoms with Crippen LogP contribution in [-0.4, -0.2) is 51.5 Å². The lowest BCUT2D eigenvalue weighted by molar-refractivity contribution is -0.134. The summed E-state index contributed by atoms with van der Waals surface area (Å²) in [6, 6.07) is 0. The Balaban J connectivity index is 2.28. The Morgan fingerprint density at radius 3 is 2.27 bits per heavy atom. The molecule has 0 amide bonds. The molecule has 1 fully saturated rings. The van der Waals surface area contributed by atoms with Gasteiger partial charge in [0.05, 0.1) is 0 Å². The number of hydrogen-bond acceptors (Lipinski definition) is 10. The van der Waals surface area contributed by atoms with Gasteiger partial charge in [-0.15, -0.1) is 11.6 Å². The normalized spacial score (nSPS) is 31.3. The van der Waals surface area contributed by atoms with Crippen molar-refractivity contribution in [2.24, 2.45) is 0 Å². The van der Waals surface area contributed by atoms with Crippen LogP contribution in [0.1, 0.15) is 18.7 Å². The number of H-pyrrole nitrogens is 1. The van der Waals surface area contributed by atoms with Crippen LogP contribution in [0.5, 0.6) is 0 Å². The van der Waals surface area contributed by atoms with Crippen molar-refractivity contribution < 1.29 is 56.3 Å². The lowest BCUT2D eigenvalue weighted by Crippen LogP contribution is -2.43. The van der Waals surface area contributed by atoms with Gasteiger partial charge >= 0.3 is 29.2 Å². The van der Waals surface area contributed by atoms with E-state index in [2.05, 4.69) is 13.1 Å². The zero-order valence-corrected chi connectivity index (χ0v) is 18.3. The van der Waals surface area contributed by atoms with Gasteiger partial charge < -0.3 is 29.4 Å². The Morgan fingerprint density at radius 2 is 1.73 bits per heavy atom. The summed E-state index contributed by atoms with van der Waals surface area (Å²) >= 11 is 6.18. The van der Waals surface area contributed by atoms with Crippen LogP contribution >= 0.6 is 35.1 Å². The zero-order chi connectivity index (χ0) is 23.3. The van der Waals surface area contributed by atoms with E-state index in [4.69, 9.17) is 31.0 Å². The molecule has 0 aliphatic carbocycles. The molecule has 3 unspecified atom stereocenters. The number of hydrogen-bond donors (Lipinski definition) is 6. The molecule has 6 N–H and O–H groups in total. The number of ether oxygens (including phenoxy) is 1. The first-order valence-electron chi connectivity index (χ1n) is 7.51. The van der Waals surface area contributed by atoms with E-state index in [1.54, 1.807) is 0 Å². The van der Waals surface area contributed by atoms with E-state index in [0.29, 0.717) is 0 Å². The summed E-state index contributed by atoms with van der Waals surface area (Å²) < 4.78 is 51.4. The first-order chi connectivity index (χ1) is 13.3. The van der Waals surface area contributed by atoms with Crippen molar-refractivity contribution in [2.75, 3.05) is 0 Å². The minimum absolute atomic E-state index is 0.0523. The molecule has 0 saturated carbocycles. The molecule has 1 saturated heterocycles. The maximum Gasteiger partial charge on any atom is 0.490 e. The molecule has 0 spiro atoms. The smallest absolute Gasteiger partial charge is 0.386 e. The van der Waals surface area contributed by atoms with Crippen LogP contribution in [0.2, 0.25) is 0 Å². The minimum Gasteiger partial charge on any atom is -0.386 e. The molecule has 0 radical (unpaired) electrons. The summed E-state index contributed by atoms with van der Waals surface area (Å²) in [5.74, 6) is 0. The maximum absolute atomic E-state index is 12.0. The van der Waals surface area contributed by atoms with Crippen LogP contribution in [0, 0.1) is 6.92 Å². The van der Waals surface area contributed by atoms with Crippen LogP contribution in [0.15, 0.2) is 15.8 Å². The number of nitrogens with zero attached hydrogens (tertiary/aromatic N) is 1. The van der Waals surface area contributed by atoms with E-state index < -0.39 is 58.2 Å². The van der Waals surface area contributed by atoms with Crippen LogP contribution in [-0.2, 0) is 31.6 Å². The topological polar surface area (TPSA) is 244 Å². The van der Waals surface area contributed by atoms with Gasteiger partial charge in [0, 0.05) is 11.8 Å². The minimum atomic E-state index is -5.80. The van der Waals surface area contributed by atoms with Gasteiger partial charge in [-0.05, 0) is 13.8 Å². The quantitative estimate of drug-likeness (QED) is 0.196. The summed E-state index contributed by atoms with van der Waals surface area (Å²) in [5, 5.41) is 10.3. The third kappa shape index (κ3) is 5.96. The van der Waals surface area contributed by atoms with Gasteiger partial charge in [-0.2, -0.15) is 8.62 Å². The van der Waals surface area contributed by atoms with E-state index in [-0.39, 0.29) is 5.56 Å². The number of aliphatic hydroxyl groups is 1. The maximum atomic E-state index is 12.0. The molecule has 0 bridgehead atoms. The summed E-state index contributed by atoms with van der Waals surface area (Å²) in [6.45, 7) is 2.49. The number of nitrogens with one attached hydrogen (secondary N) is 1. The highest BCUT2D eigenvalue weighted by Crippen LogP contribution is 2.67. The van der Waals surface area contributed by atoms with Crippen LogP contribution in [0.3, 0.4) is 0 Å². The largest absolute Gasteiger partial charge is 0.490 e. The molecule has 1 aromatic rings. The summed E-state index contributed by atoms with van der Waals surface area (Å²) in [5.41, 5.74) is -1.67. The van der Waals surface area contributed by atoms with E-state index >= 15 is 0 Å². The fourth-order valence-electron chi connectivity index (χ4n) is 2.36. The highest BCUT2D eigenvalue weighted by atomic mass is 35.5. The fourth-order valence-corrected chi connectivity index (χ4v) is 5.70. The second-order valence-electron chi connectivity index (χ2n) is 6.13. The van der Waals surface area contributed by atoms with E-state index in [0.717, 1.165) is 17.7 Å². The number of phosphoric acid groups is 3. The third-order valence-electron chi connectivity index (χ3n) is 3.63. The van der Waals surface area contributed by atoms with Gasteiger partial charge in [0.15, 0.2) is 12.5 Å². The van der Waals surface area contributed by atoms with E-state index in [1.165, 1.54) is 6.92 Å². The van der Waals surface area contributed by atoms with Crippen LogP contribution < -0.4 is 11.2 Å². The molecule has 2 heterocycles. The van der Waals surface area contributed by atoms with Crippen molar-refractivity contribution >= 4 is 35.1 Å². The Bertz CT molecular complexity index is 1080. The predicted molar refractivity (Wildman–Crippen MR) is 95.2 cm³/mol. The van der Waals surface area contributed by atoms with Gasteiger partial charge in [0.1, 0.15) is 11.0 Å². The van der Waals surface area contributed by atoms with Crippen molar-refractivity contribution in [3.8, 4) is 0 Å². The highest BCUT2D eigenvalue weighted by molar-refractivity contribution is 7.66. The lowest BCUT2D eigenvalue weighted by atomic mass is 10.0. The summed E-state index contributed by atoms with van der Waals surface area (Å²) in [4.78, 5) is 59.3. The molecule has 0 aromatic carbocycles. The number of alkyl halides is 1. The molecule has 16 nitrogen and oxygen atoms in total. The van der Waals surface area contributed by atoms with Gasteiger partial charge in [0.2, 0.25) is 0 Å². The lowest BCUT2D eigenvalue weighted by Gasteiger charge is -2.26.